The van der Waals surface area contributed by atoms with Crippen LogP contribution in [0.3, 0.4) is 0 Å². The van der Waals surface area contributed by atoms with Gasteiger partial charge in [0.25, 0.3) is 0 Å². The molecule has 0 unspecified atom stereocenters. The van der Waals surface area contributed by atoms with Crippen molar-refractivity contribution in [3.05, 3.63) is 56.4 Å². The molecule has 0 radical (unpaired) electrons. The summed E-state index contributed by atoms with van der Waals surface area (Å²) in [6.07, 6.45) is 0. The molecule has 2 heterocycles. The number of nitrogens with zero attached hydrogens (tertiary/aromatic N) is 2. The Morgan fingerprint density at radius 2 is 1.96 bits per heavy atom. The molecule has 0 aliphatic carbocycles. The molecule has 3 rings (SSSR count). The van der Waals surface area contributed by atoms with E-state index in [0.29, 0.717) is 11.0 Å². The Bertz CT molecular complexity index is 1140. The van der Waals surface area contributed by atoms with Crippen molar-refractivity contribution in [1.82, 2.24) is 19.4 Å². The number of fused-ring (bicyclic) bond motifs is 1. The average molecular weight is 364 g/mol. The summed E-state index contributed by atoms with van der Waals surface area (Å²) in [6.45, 7) is 2.97. The van der Waals surface area contributed by atoms with Crippen LogP contribution in [0.5, 0.6) is 0 Å². The summed E-state index contributed by atoms with van der Waals surface area (Å²) in [5.41, 5.74) is -0.226. The van der Waals surface area contributed by atoms with E-state index in [9.17, 15) is 18.0 Å². The SMILES string of the molecule is Cc1noc(C)c1S(=O)(=O)NCCn1c(=O)c(=O)[nH]c2ccccc21. The minimum atomic E-state index is -3.83. The molecule has 9 nitrogen and oxygen atoms in total. The van der Waals surface area contributed by atoms with E-state index in [0.717, 1.165) is 0 Å². The van der Waals surface area contributed by atoms with Gasteiger partial charge in [0, 0.05) is 13.1 Å². The van der Waals surface area contributed by atoms with Crippen LogP contribution < -0.4 is 15.8 Å². The lowest BCUT2D eigenvalue weighted by atomic mass is 10.3. The molecule has 2 N–H and O–H groups in total. The number of aryl methyl sites for hydroxylation is 2. The third-order valence-corrected chi connectivity index (χ3v) is 5.45. The van der Waals surface area contributed by atoms with Crippen molar-refractivity contribution < 1.29 is 12.9 Å². The van der Waals surface area contributed by atoms with Crippen molar-refractivity contribution in [2.75, 3.05) is 6.54 Å². The maximum Gasteiger partial charge on any atom is 0.316 e. The quantitative estimate of drug-likeness (QED) is 0.626. The maximum atomic E-state index is 12.4. The molecule has 0 fully saturated rings. The Balaban J connectivity index is 1.88. The fraction of sp³-hybridized carbons (Fsp3) is 0.267. The average Bonchev–Trinajstić information content (AvgIpc) is 2.90. The number of hydrogen-bond donors (Lipinski definition) is 2. The first-order chi connectivity index (χ1) is 11.8. The summed E-state index contributed by atoms with van der Waals surface area (Å²) in [4.78, 5) is 26.3. The molecule has 2 aromatic heterocycles. The molecule has 0 amide bonds. The van der Waals surface area contributed by atoms with Crippen LogP contribution in [0.1, 0.15) is 11.5 Å². The Morgan fingerprint density at radius 3 is 2.64 bits per heavy atom. The van der Waals surface area contributed by atoms with Gasteiger partial charge in [0.1, 0.15) is 10.6 Å². The first kappa shape index (κ1) is 17.1. The predicted molar refractivity (Wildman–Crippen MR) is 90.0 cm³/mol. The van der Waals surface area contributed by atoms with Crippen molar-refractivity contribution in [2.45, 2.75) is 25.3 Å². The molecule has 0 saturated carbocycles. The summed E-state index contributed by atoms with van der Waals surface area (Å²) in [7, 11) is -3.83. The highest BCUT2D eigenvalue weighted by molar-refractivity contribution is 7.89. The first-order valence-electron chi connectivity index (χ1n) is 7.45. The zero-order valence-corrected chi connectivity index (χ0v) is 14.4. The van der Waals surface area contributed by atoms with E-state index in [4.69, 9.17) is 4.52 Å². The van der Waals surface area contributed by atoms with Gasteiger partial charge in [-0.3, -0.25) is 9.59 Å². The van der Waals surface area contributed by atoms with Crippen molar-refractivity contribution in [3.63, 3.8) is 0 Å². The summed E-state index contributed by atoms with van der Waals surface area (Å²) in [6, 6.07) is 6.80. The minimum Gasteiger partial charge on any atom is -0.360 e. The van der Waals surface area contributed by atoms with Crippen molar-refractivity contribution in [3.8, 4) is 0 Å². The fourth-order valence-electron chi connectivity index (χ4n) is 2.67. The monoisotopic (exact) mass is 364 g/mol. The number of hydrogen-bond acceptors (Lipinski definition) is 6. The number of aromatic nitrogens is 3. The second-order valence-electron chi connectivity index (χ2n) is 5.48. The van der Waals surface area contributed by atoms with Gasteiger partial charge in [0.15, 0.2) is 5.76 Å². The van der Waals surface area contributed by atoms with Gasteiger partial charge < -0.3 is 14.1 Å². The van der Waals surface area contributed by atoms with Crippen LogP contribution in [-0.2, 0) is 16.6 Å². The Kier molecular flexibility index (Phi) is 4.31. The van der Waals surface area contributed by atoms with Crippen LogP contribution in [-0.4, -0.2) is 29.7 Å². The fourth-order valence-corrected chi connectivity index (χ4v) is 4.01. The van der Waals surface area contributed by atoms with E-state index in [1.807, 2.05) is 0 Å². The lowest BCUT2D eigenvalue weighted by molar-refractivity contribution is 0.390. The van der Waals surface area contributed by atoms with Gasteiger partial charge in [0.2, 0.25) is 10.0 Å². The summed E-state index contributed by atoms with van der Waals surface area (Å²) < 4.78 is 33.3. The van der Waals surface area contributed by atoms with Crippen LogP contribution in [0.4, 0.5) is 0 Å². The van der Waals surface area contributed by atoms with E-state index in [2.05, 4.69) is 14.9 Å². The molecule has 132 valence electrons. The van der Waals surface area contributed by atoms with E-state index in [-0.39, 0.29) is 29.4 Å². The van der Waals surface area contributed by atoms with Crippen LogP contribution in [0.25, 0.3) is 11.0 Å². The molecular weight excluding hydrogens is 348 g/mol. The lowest BCUT2D eigenvalue weighted by Gasteiger charge is -2.10. The summed E-state index contributed by atoms with van der Waals surface area (Å²) >= 11 is 0. The van der Waals surface area contributed by atoms with Crippen molar-refractivity contribution >= 4 is 21.1 Å². The molecule has 0 saturated heterocycles. The van der Waals surface area contributed by atoms with Gasteiger partial charge in [0.05, 0.1) is 11.0 Å². The Labute approximate surface area is 142 Å². The summed E-state index contributed by atoms with van der Waals surface area (Å²) in [5.74, 6) is 0.184. The van der Waals surface area contributed by atoms with Crippen LogP contribution >= 0.6 is 0 Å². The molecular formula is C15H16N4O5S. The zero-order valence-electron chi connectivity index (χ0n) is 13.6. The van der Waals surface area contributed by atoms with E-state index < -0.39 is 21.1 Å². The Morgan fingerprint density at radius 1 is 1.24 bits per heavy atom. The third-order valence-electron chi connectivity index (χ3n) is 3.75. The second kappa shape index (κ2) is 6.30. The minimum absolute atomic E-state index is 0.00583. The highest BCUT2D eigenvalue weighted by atomic mass is 32.2. The molecule has 3 aromatic rings. The topological polar surface area (TPSA) is 127 Å². The molecule has 25 heavy (non-hydrogen) atoms. The molecule has 0 bridgehead atoms. The maximum absolute atomic E-state index is 12.4. The van der Waals surface area contributed by atoms with Gasteiger partial charge >= 0.3 is 11.1 Å². The van der Waals surface area contributed by atoms with Crippen LogP contribution in [0, 0.1) is 13.8 Å². The van der Waals surface area contributed by atoms with E-state index in [1.54, 1.807) is 24.3 Å². The van der Waals surface area contributed by atoms with Crippen molar-refractivity contribution in [2.24, 2.45) is 0 Å². The van der Waals surface area contributed by atoms with Crippen LogP contribution in [0.15, 0.2) is 43.3 Å². The predicted octanol–water partition coefficient (Wildman–Crippen LogP) is 0.273. The van der Waals surface area contributed by atoms with Gasteiger partial charge in [-0.15, -0.1) is 0 Å². The smallest absolute Gasteiger partial charge is 0.316 e. The highest BCUT2D eigenvalue weighted by Crippen LogP contribution is 2.18. The van der Waals surface area contributed by atoms with Gasteiger partial charge in [-0.1, -0.05) is 17.3 Å². The molecule has 0 aliphatic heterocycles. The van der Waals surface area contributed by atoms with Crippen LogP contribution in [0.2, 0.25) is 0 Å². The van der Waals surface area contributed by atoms with E-state index in [1.165, 1.54) is 18.4 Å². The van der Waals surface area contributed by atoms with Gasteiger partial charge in [-0.25, -0.2) is 13.1 Å². The molecule has 1 aromatic carbocycles. The highest BCUT2D eigenvalue weighted by Gasteiger charge is 2.23. The number of nitrogens with one attached hydrogen (secondary N) is 2. The summed E-state index contributed by atoms with van der Waals surface area (Å²) in [5, 5.41) is 3.62. The number of benzene rings is 1. The molecule has 10 heteroatoms. The zero-order chi connectivity index (χ0) is 18.2. The van der Waals surface area contributed by atoms with Gasteiger partial charge in [-0.2, -0.15) is 0 Å². The normalized spacial score (nSPS) is 11.9. The number of sulfonamides is 1. The standard InChI is InChI=1S/C15H16N4O5S/c1-9-13(10(2)24-18-9)25(22,23)16-7-8-19-12-6-4-3-5-11(12)17-14(20)15(19)21/h3-6,16H,7-8H2,1-2H3,(H,17,20). The molecule has 0 aliphatic rings. The Hall–Kier alpha value is -2.72. The van der Waals surface area contributed by atoms with Gasteiger partial charge in [-0.05, 0) is 26.0 Å². The molecule has 0 spiro atoms. The van der Waals surface area contributed by atoms with Crippen molar-refractivity contribution in [1.29, 1.82) is 0 Å². The van der Waals surface area contributed by atoms with E-state index >= 15 is 0 Å². The number of aromatic amines is 1. The molecule has 0 atom stereocenters. The second-order valence-corrected chi connectivity index (χ2v) is 7.18. The lowest BCUT2D eigenvalue weighted by Crippen LogP contribution is -2.39. The third kappa shape index (κ3) is 3.13. The largest absolute Gasteiger partial charge is 0.360 e. The number of para-hydroxylation sites is 2. The number of rotatable bonds is 5. The first-order valence-corrected chi connectivity index (χ1v) is 8.94. The number of H-pyrrole nitrogens is 1.